The van der Waals surface area contributed by atoms with E-state index in [0.717, 1.165) is 41.5 Å². The molecule has 2 saturated carbocycles. The summed E-state index contributed by atoms with van der Waals surface area (Å²) in [6, 6.07) is 9.03. The van der Waals surface area contributed by atoms with Gasteiger partial charge < -0.3 is 47.7 Å². The molecule has 2 aliphatic heterocycles. The van der Waals surface area contributed by atoms with Gasteiger partial charge >= 0.3 is 47.8 Å². The molecule has 19 nitrogen and oxygen atoms in total. The molecule has 0 amide bonds. The van der Waals surface area contributed by atoms with E-state index in [0.29, 0.717) is 5.56 Å². The van der Waals surface area contributed by atoms with Crippen LogP contribution in [0.5, 0.6) is 0 Å². The number of hydrogen-bond donors (Lipinski definition) is 1. The summed E-state index contributed by atoms with van der Waals surface area (Å²) in [7, 11) is 0. The van der Waals surface area contributed by atoms with Gasteiger partial charge in [-0.3, -0.25) is 33.8 Å². The van der Waals surface area contributed by atoms with Gasteiger partial charge in [-0.2, -0.15) is 0 Å². The number of carbonyl (C=O) groups is 8. The Hall–Kier alpha value is -5.95. The predicted molar refractivity (Wildman–Crippen MR) is 205 cm³/mol. The molecular weight excluding hydrogens is 818 g/mol. The third-order valence-corrected chi connectivity index (χ3v) is 12.1. The van der Waals surface area contributed by atoms with Crippen molar-refractivity contribution in [2.45, 2.75) is 122 Å². The molecular formula is C43H49NO18. The number of aromatic nitrogens is 1. The SMILES string of the molecule is CC(=O)OC[C@]12[C@H](OC(C)=O)[C@H](OC(C)=O)[C@@H]3[C@@H](OC(C)=O)[C@@]14O[C@@]3(C)COC(=O)c1cnccc1CC[C@H](C)C(=O)O[C@@H]([C@H](OC(=O)c1ccccc1)[C@@H]2OC(C)=O)[C@]4(C)O. The lowest BCUT2D eigenvalue weighted by molar-refractivity contribution is -0.386. The first-order valence-corrected chi connectivity index (χ1v) is 19.9. The maximum atomic E-state index is 14.4. The average Bonchev–Trinajstić information content (AvgIpc) is 3.41. The van der Waals surface area contributed by atoms with Crippen LogP contribution in [0.25, 0.3) is 0 Å². The molecule has 3 heterocycles. The first-order valence-electron chi connectivity index (χ1n) is 19.9. The van der Waals surface area contributed by atoms with Crippen LogP contribution in [0.15, 0.2) is 48.8 Å². The Morgan fingerprint density at radius 1 is 0.790 bits per heavy atom. The fraction of sp³-hybridized carbons (Fsp3) is 0.558. The van der Waals surface area contributed by atoms with E-state index in [2.05, 4.69) is 4.98 Å². The van der Waals surface area contributed by atoms with E-state index < -0.39 is 132 Å². The molecule has 4 aliphatic rings. The first kappa shape index (κ1) is 45.6. The molecule has 2 aromatic rings. The summed E-state index contributed by atoms with van der Waals surface area (Å²) in [6.45, 7) is 7.18. The molecule has 0 unspecified atom stereocenters. The molecule has 1 spiro atoms. The van der Waals surface area contributed by atoms with Crippen LogP contribution in [0.2, 0.25) is 0 Å². The standard InChI is InChI=1S/C43H49NO18/c1-21-14-15-27-16-17-44-18-29(27)39(52)55-19-40(7)30-31(56-23(3)46)35(58-25(5)48)42(20-54-22(2)45)36(59-26(6)49)32(60-38(51)28-12-10-9-11-13-28)34(61-37(21)50)41(8,53)43(42,62-40)33(30)57-24(4)47/h9-13,16-18,21,30-36,53H,14-15,19-20H2,1-8H3/t21-,30+,31+,32-,33+,34-,35+,36-,40-,41-,42+,43-/m0/s1. The molecule has 1 saturated heterocycles. The van der Waals surface area contributed by atoms with Crippen molar-refractivity contribution in [3.8, 4) is 0 Å². The van der Waals surface area contributed by atoms with Crippen LogP contribution in [0.1, 0.15) is 88.1 Å². The predicted octanol–water partition coefficient (Wildman–Crippen LogP) is 2.16. The van der Waals surface area contributed by atoms with Crippen molar-refractivity contribution in [3.05, 3.63) is 65.5 Å². The van der Waals surface area contributed by atoms with E-state index in [1.54, 1.807) is 12.1 Å². The zero-order chi connectivity index (χ0) is 45.5. The quantitative estimate of drug-likeness (QED) is 0.295. The Kier molecular flexibility index (Phi) is 12.6. The summed E-state index contributed by atoms with van der Waals surface area (Å²) in [6.07, 6.45) is -9.25. The highest BCUT2D eigenvalue weighted by Crippen LogP contribution is 2.70. The number of ether oxygens (including phenoxy) is 9. The van der Waals surface area contributed by atoms with Crippen LogP contribution in [-0.2, 0) is 77.8 Å². The van der Waals surface area contributed by atoms with Crippen LogP contribution in [0.4, 0.5) is 0 Å². The number of rotatable bonds is 8. The molecule has 0 radical (unpaired) electrons. The summed E-state index contributed by atoms with van der Waals surface area (Å²) in [5.74, 6) is -10.6. The smallest absolute Gasteiger partial charge is 0.340 e. The van der Waals surface area contributed by atoms with Gasteiger partial charge in [-0.25, -0.2) is 9.59 Å². The monoisotopic (exact) mass is 867 g/mol. The number of aliphatic hydroxyl groups is 1. The highest BCUT2D eigenvalue weighted by molar-refractivity contribution is 5.91. The summed E-state index contributed by atoms with van der Waals surface area (Å²) in [4.78, 5) is 113. The average molecular weight is 868 g/mol. The van der Waals surface area contributed by atoms with Crippen molar-refractivity contribution in [2.24, 2.45) is 17.3 Å². The summed E-state index contributed by atoms with van der Waals surface area (Å²) < 4.78 is 55.3. The molecule has 3 fully saturated rings. The van der Waals surface area contributed by atoms with Gasteiger partial charge in [0.05, 0.1) is 23.0 Å². The van der Waals surface area contributed by atoms with Crippen LogP contribution < -0.4 is 0 Å². The topological polar surface area (TPSA) is 253 Å². The van der Waals surface area contributed by atoms with Crippen molar-refractivity contribution in [1.29, 1.82) is 0 Å². The third kappa shape index (κ3) is 7.76. The van der Waals surface area contributed by atoms with E-state index >= 15 is 0 Å². The number of benzene rings is 1. The molecule has 1 aromatic heterocycles. The highest BCUT2D eigenvalue weighted by Gasteiger charge is 2.92. The third-order valence-electron chi connectivity index (χ3n) is 12.1. The number of carbonyl (C=O) groups excluding carboxylic acids is 8. The van der Waals surface area contributed by atoms with Crippen LogP contribution in [0.3, 0.4) is 0 Å². The minimum absolute atomic E-state index is 0.0225. The number of fused-ring (bicyclic) bond motifs is 5. The van der Waals surface area contributed by atoms with Crippen LogP contribution in [0, 0.1) is 17.3 Å². The number of aryl methyl sites for hydroxylation is 1. The molecule has 12 atom stereocenters. The number of cyclic esters (lactones) is 1. The zero-order valence-electron chi connectivity index (χ0n) is 35.4. The van der Waals surface area contributed by atoms with Gasteiger partial charge in [-0.05, 0) is 50.5 Å². The maximum absolute atomic E-state index is 14.4. The van der Waals surface area contributed by atoms with Gasteiger partial charge in [0.15, 0.2) is 30.0 Å². The number of esters is 8. The van der Waals surface area contributed by atoms with E-state index in [9.17, 15) is 43.5 Å². The summed E-state index contributed by atoms with van der Waals surface area (Å²) in [5, 5.41) is 13.6. The molecule has 1 N–H and O–H groups in total. The normalized spacial score (nSPS) is 35.0. The lowest BCUT2D eigenvalue weighted by Gasteiger charge is -2.67. The molecule has 4 bridgehead atoms. The van der Waals surface area contributed by atoms with Gasteiger partial charge in [-0.1, -0.05) is 25.1 Å². The Balaban J connectivity index is 1.77. The van der Waals surface area contributed by atoms with Gasteiger partial charge in [0.1, 0.15) is 42.0 Å². The summed E-state index contributed by atoms with van der Waals surface area (Å²) in [5.41, 5.74) is -9.92. The second kappa shape index (κ2) is 17.1. The maximum Gasteiger partial charge on any atom is 0.340 e. The number of hydrogen-bond acceptors (Lipinski definition) is 19. The lowest BCUT2D eigenvalue weighted by Crippen LogP contribution is -2.89. The highest BCUT2D eigenvalue weighted by atomic mass is 16.7. The van der Waals surface area contributed by atoms with Crippen molar-refractivity contribution in [1.82, 2.24) is 4.98 Å². The van der Waals surface area contributed by atoms with E-state index in [1.165, 1.54) is 50.5 Å². The number of nitrogens with zero attached hydrogens (tertiary/aromatic N) is 1. The van der Waals surface area contributed by atoms with E-state index in [4.69, 9.17) is 42.6 Å². The minimum Gasteiger partial charge on any atom is -0.465 e. The molecule has 2 aliphatic carbocycles. The summed E-state index contributed by atoms with van der Waals surface area (Å²) >= 11 is 0. The largest absolute Gasteiger partial charge is 0.465 e. The molecule has 6 rings (SSSR count). The van der Waals surface area contributed by atoms with Gasteiger partial charge in [0, 0.05) is 47.0 Å². The van der Waals surface area contributed by atoms with Crippen LogP contribution >= 0.6 is 0 Å². The Bertz CT molecular complexity index is 2140. The zero-order valence-corrected chi connectivity index (χ0v) is 35.4. The Morgan fingerprint density at radius 2 is 1.39 bits per heavy atom. The second-order valence-electron chi connectivity index (χ2n) is 16.5. The van der Waals surface area contributed by atoms with Crippen LogP contribution in [-0.4, -0.2) is 124 Å². The fourth-order valence-corrected chi connectivity index (χ4v) is 9.75. The van der Waals surface area contributed by atoms with E-state index in [-0.39, 0.29) is 24.0 Å². The van der Waals surface area contributed by atoms with Crippen molar-refractivity contribution in [2.75, 3.05) is 13.2 Å². The molecule has 19 heteroatoms. The van der Waals surface area contributed by atoms with Gasteiger partial charge in [0.2, 0.25) is 0 Å². The van der Waals surface area contributed by atoms with Crippen molar-refractivity contribution in [3.63, 3.8) is 0 Å². The fourth-order valence-electron chi connectivity index (χ4n) is 9.75. The Labute approximate surface area is 355 Å². The van der Waals surface area contributed by atoms with Gasteiger partial charge in [0.25, 0.3) is 0 Å². The molecule has 1 aromatic carbocycles. The number of pyridine rings is 1. The molecule has 334 valence electrons. The van der Waals surface area contributed by atoms with Crippen molar-refractivity contribution >= 4 is 47.8 Å². The first-order chi connectivity index (χ1) is 29.1. The minimum atomic E-state index is -2.85. The Morgan fingerprint density at radius 3 is 1.98 bits per heavy atom. The van der Waals surface area contributed by atoms with E-state index in [1.807, 2.05) is 0 Å². The molecule has 62 heavy (non-hydrogen) atoms. The second-order valence-corrected chi connectivity index (χ2v) is 16.5. The van der Waals surface area contributed by atoms with Crippen molar-refractivity contribution < 1.29 is 86.1 Å². The van der Waals surface area contributed by atoms with Gasteiger partial charge in [-0.15, -0.1) is 0 Å². The lowest BCUT2D eigenvalue weighted by atomic mass is 9.45.